The van der Waals surface area contributed by atoms with E-state index in [4.69, 9.17) is 0 Å². The summed E-state index contributed by atoms with van der Waals surface area (Å²) < 4.78 is 38.5. The highest BCUT2D eigenvalue weighted by Gasteiger charge is 2.53. The van der Waals surface area contributed by atoms with Gasteiger partial charge in [0.25, 0.3) is 5.91 Å². The average molecular weight is 364 g/mol. The highest BCUT2D eigenvalue weighted by molar-refractivity contribution is 9.10. The van der Waals surface area contributed by atoms with Crippen LogP contribution in [0.3, 0.4) is 0 Å². The van der Waals surface area contributed by atoms with Gasteiger partial charge in [0, 0.05) is 4.47 Å². The Kier molecular flexibility index (Phi) is 3.33. The SMILES string of the molecule is O=C(c1cc(C(F)(F)F)ccc1Br)N1CC(O)(C2CC2)C1. The molecule has 0 bridgehead atoms. The molecule has 0 atom stereocenters. The lowest BCUT2D eigenvalue weighted by Gasteiger charge is -2.47. The van der Waals surface area contributed by atoms with Crippen LogP contribution in [0, 0.1) is 5.92 Å². The summed E-state index contributed by atoms with van der Waals surface area (Å²) in [5.74, 6) is -0.259. The van der Waals surface area contributed by atoms with Gasteiger partial charge in [0.2, 0.25) is 0 Å². The van der Waals surface area contributed by atoms with Crippen LogP contribution in [-0.2, 0) is 6.18 Å². The van der Waals surface area contributed by atoms with Gasteiger partial charge in [-0.1, -0.05) is 0 Å². The Balaban J connectivity index is 1.79. The number of likely N-dealkylation sites (tertiary alicyclic amines) is 1. The van der Waals surface area contributed by atoms with Crippen molar-refractivity contribution in [2.45, 2.75) is 24.6 Å². The summed E-state index contributed by atoms with van der Waals surface area (Å²) in [6, 6.07) is 3.00. The van der Waals surface area contributed by atoms with E-state index in [0.717, 1.165) is 25.0 Å². The molecule has 21 heavy (non-hydrogen) atoms. The maximum Gasteiger partial charge on any atom is 0.416 e. The first-order chi connectivity index (χ1) is 9.71. The number of carbonyl (C=O) groups is 1. The van der Waals surface area contributed by atoms with Gasteiger partial charge in [0.1, 0.15) is 5.60 Å². The molecule has 1 amide bonds. The zero-order valence-corrected chi connectivity index (χ0v) is 12.5. The number of hydrogen-bond donors (Lipinski definition) is 1. The highest BCUT2D eigenvalue weighted by Crippen LogP contribution is 2.45. The smallest absolute Gasteiger partial charge is 0.386 e. The molecule has 3 rings (SSSR count). The van der Waals surface area contributed by atoms with Crippen molar-refractivity contribution in [1.29, 1.82) is 0 Å². The fourth-order valence-electron chi connectivity index (χ4n) is 2.67. The Bertz CT molecular complexity index is 592. The monoisotopic (exact) mass is 363 g/mol. The van der Waals surface area contributed by atoms with Crippen LogP contribution in [0.1, 0.15) is 28.8 Å². The van der Waals surface area contributed by atoms with E-state index in [9.17, 15) is 23.1 Å². The van der Waals surface area contributed by atoms with Crippen molar-refractivity contribution >= 4 is 21.8 Å². The van der Waals surface area contributed by atoms with E-state index in [1.54, 1.807) is 0 Å². The van der Waals surface area contributed by atoms with Gasteiger partial charge in [0.15, 0.2) is 0 Å². The van der Waals surface area contributed by atoms with Crippen LogP contribution in [0.2, 0.25) is 0 Å². The number of alkyl halides is 3. The number of hydrogen-bond acceptors (Lipinski definition) is 2. The third-order valence-electron chi connectivity index (χ3n) is 4.08. The first-order valence-electron chi connectivity index (χ1n) is 6.59. The molecule has 0 radical (unpaired) electrons. The molecule has 1 saturated heterocycles. The molecule has 0 spiro atoms. The number of rotatable bonds is 2. The molecule has 0 unspecified atom stereocenters. The quantitative estimate of drug-likeness (QED) is 0.877. The number of halogens is 4. The fraction of sp³-hybridized carbons (Fsp3) is 0.500. The van der Waals surface area contributed by atoms with Gasteiger partial charge in [-0.05, 0) is 52.9 Å². The van der Waals surface area contributed by atoms with E-state index >= 15 is 0 Å². The topological polar surface area (TPSA) is 40.5 Å². The lowest BCUT2D eigenvalue weighted by molar-refractivity contribution is -0.137. The van der Waals surface area contributed by atoms with Gasteiger partial charge in [-0.15, -0.1) is 0 Å². The summed E-state index contributed by atoms with van der Waals surface area (Å²) in [7, 11) is 0. The number of benzene rings is 1. The maximum absolute atomic E-state index is 12.7. The normalized spacial score (nSPS) is 21.1. The summed E-state index contributed by atoms with van der Waals surface area (Å²) in [5, 5.41) is 10.2. The molecule has 1 aliphatic heterocycles. The zero-order chi connectivity index (χ0) is 15.4. The molecule has 2 aliphatic rings. The number of β-amino-alcohol motifs (C(OH)–C–C–N with tert-alkyl or cyclic N) is 1. The van der Waals surface area contributed by atoms with Gasteiger partial charge >= 0.3 is 6.18 Å². The summed E-state index contributed by atoms with van der Waals surface area (Å²) >= 11 is 3.11. The Morgan fingerprint density at radius 3 is 2.48 bits per heavy atom. The minimum absolute atomic E-state index is 0.0253. The Morgan fingerprint density at radius 1 is 1.33 bits per heavy atom. The van der Waals surface area contributed by atoms with Gasteiger partial charge in [-0.2, -0.15) is 13.2 Å². The van der Waals surface area contributed by atoms with Crippen molar-refractivity contribution in [1.82, 2.24) is 4.90 Å². The van der Waals surface area contributed by atoms with Crippen LogP contribution in [0.4, 0.5) is 13.2 Å². The van der Waals surface area contributed by atoms with E-state index in [1.807, 2.05) is 0 Å². The lowest BCUT2D eigenvalue weighted by Crippen LogP contribution is -2.64. The summed E-state index contributed by atoms with van der Waals surface area (Å²) in [6.07, 6.45) is -2.59. The van der Waals surface area contributed by atoms with Crippen LogP contribution in [0.5, 0.6) is 0 Å². The third kappa shape index (κ3) is 2.68. The van der Waals surface area contributed by atoms with Gasteiger partial charge < -0.3 is 10.0 Å². The number of aliphatic hydroxyl groups is 1. The molecule has 1 aliphatic carbocycles. The Morgan fingerprint density at radius 2 is 1.95 bits per heavy atom. The van der Waals surface area contributed by atoms with E-state index in [1.165, 1.54) is 11.0 Å². The molecular formula is C14H13BrF3NO2. The minimum atomic E-state index is -4.49. The number of amides is 1. The lowest BCUT2D eigenvalue weighted by atomic mass is 9.88. The van der Waals surface area contributed by atoms with Gasteiger partial charge in [-0.3, -0.25) is 4.79 Å². The third-order valence-corrected chi connectivity index (χ3v) is 4.77. The predicted octanol–water partition coefficient (Wildman–Crippen LogP) is 3.06. The van der Waals surface area contributed by atoms with Crippen LogP contribution in [-0.4, -0.2) is 34.6 Å². The Hall–Kier alpha value is -1.08. The molecule has 114 valence electrons. The van der Waals surface area contributed by atoms with Gasteiger partial charge in [0.05, 0.1) is 24.2 Å². The molecule has 1 N–H and O–H groups in total. The largest absolute Gasteiger partial charge is 0.416 e. The van der Waals surface area contributed by atoms with E-state index in [2.05, 4.69) is 15.9 Å². The second-order valence-electron chi connectivity index (χ2n) is 5.73. The average Bonchev–Trinajstić information content (AvgIpc) is 3.17. The van der Waals surface area contributed by atoms with Crippen LogP contribution in [0.15, 0.2) is 22.7 Å². The molecule has 1 aromatic rings. The van der Waals surface area contributed by atoms with E-state index < -0.39 is 23.2 Å². The first-order valence-corrected chi connectivity index (χ1v) is 7.38. The zero-order valence-electron chi connectivity index (χ0n) is 11.0. The maximum atomic E-state index is 12.7. The molecule has 0 aromatic heterocycles. The van der Waals surface area contributed by atoms with E-state index in [0.29, 0.717) is 4.47 Å². The second kappa shape index (κ2) is 4.71. The predicted molar refractivity (Wildman–Crippen MR) is 72.7 cm³/mol. The van der Waals surface area contributed by atoms with Crippen molar-refractivity contribution in [3.8, 4) is 0 Å². The summed E-state index contributed by atoms with van der Waals surface area (Å²) in [4.78, 5) is 13.7. The number of carbonyl (C=O) groups excluding carboxylic acids is 1. The fourth-order valence-corrected chi connectivity index (χ4v) is 3.09. The van der Waals surface area contributed by atoms with Crippen molar-refractivity contribution in [2.24, 2.45) is 5.92 Å². The standard InChI is InChI=1S/C14H13BrF3NO2/c15-11-4-3-9(14(16,17)18)5-10(11)12(20)19-6-13(21,7-19)8-1-2-8/h3-5,8,21H,1-2,6-7H2. The summed E-state index contributed by atoms with van der Waals surface area (Å²) in [5.41, 5.74) is -1.72. The molecule has 1 heterocycles. The van der Waals surface area contributed by atoms with Gasteiger partial charge in [-0.25, -0.2) is 0 Å². The van der Waals surface area contributed by atoms with Crippen molar-refractivity contribution in [3.63, 3.8) is 0 Å². The minimum Gasteiger partial charge on any atom is -0.386 e. The molecule has 3 nitrogen and oxygen atoms in total. The number of nitrogens with zero attached hydrogens (tertiary/aromatic N) is 1. The molecule has 7 heteroatoms. The first kappa shape index (κ1) is 14.8. The van der Waals surface area contributed by atoms with Crippen molar-refractivity contribution in [2.75, 3.05) is 13.1 Å². The second-order valence-corrected chi connectivity index (χ2v) is 6.59. The van der Waals surface area contributed by atoms with Crippen molar-refractivity contribution in [3.05, 3.63) is 33.8 Å². The Labute approximate surface area is 127 Å². The molecule has 2 fully saturated rings. The van der Waals surface area contributed by atoms with Crippen molar-refractivity contribution < 1.29 is 23.1 Å². The highest BCUT2D eigenvalue weighted by atomic mass is 79.9. The van der Waals surface area contributed by atoms with Crippen LogP contribution >= 0.6 is 15.9 Å². The summed E-state index contributed by atoms with van der Waals surface area (Å²) in [6.45, 7) is 0.387. The van der Waals surface area contributed by atoms with Crippen LogP contribution < -0.4 is 0 Å². The molecule has 1 aromatic carbocycles. The molecule has 1 saturated carbocycles. The van der Waals surface area contributed by atoms with E-state index in [-0.39, 0.29) is 24.6 Å². The molecular weight excluding hydrogens is 351 g/mol. The van der Waals surface area contributed by atoms with Crippen LogP contribution in [0.25, 0.3) is 0 Å².